The lowest BCUT2D eigenvalue weighted by molar-refractivity contribution is 0.0791. The van der Waals surface area contributed by atoms with Crippen molar-refractivity contribution in [3.63, 3.8) is 0 Å². The zero-order valence-corrected chi connectivity index (χ0v) is 11.3. The zero-order valence-electron chi connectivity index (χ0n) is 11.3. The molecule has 2 rings (SSSR count). The van der Waals surface area contributed by atoms with Gasteiger partial charge in [-0.3, -0.25) is 0 Å². The van der Waals surface area contributed by atoms with Crippen molar-refractivity contribution in [3.05, 3.63) is 0 Å². The predicted molar refractivity (Wildman–Crippen MR) is 71.1 cm³/mol. The highest BCUT2D eigenvalue weighted by molar-refractivity contribution is 4.97. The molecule has 2 fully saturated rings. The molecule has 0 bridgehead atoms. The van der Waals surface area contributed by atoms with Crippen molar-refractivity contribution in [3.8, 4) is 0 Å². The van der Waals surface area contributed by atoms with Gasteiger partial charge >= 0.3 is 0 Å². The molecule has 2 atom stereocenters. The highest BCUT2D eigenvalue weighted by Crippen LogP contribution is 2.35. The van der Waals surface area contributed by atoms with Gasteiger partial charge in [-0.2, -0.15) is 5.12 Å². The van der Waals surface area contributed by atoms with Crippen LogP contribution in [0, 0.1) is 5.92 Å². The molecule has 0 aromatic rings. The van der Waals surface area contributed by atoms with Crippen molar-refractivity contribution < 1.29 is 0 Å². The van der Waals surface area contributed by atoms with Crippen LogP contribution in [0.2, 0.25) is 0 Å². The van der Waals surface area contributed by atoms with Gasteiger partial charge in [0.1, 0.15) is 0 Å². The molecule has 0 radical (unpaired) electrons. The van der Waals surface area contributed by atoms with Crippen LogP contribution in [-0.2, 0) is 0 Å². The fourth-order valence-corrected chi connectivity index (χ4v) is 2.07. The van der Waals surface area contributed by atoms with Crippen molar-refractivity contribution in [1.29, 1.82) is 0 Å². The standard InChI is InChI=1S/C13H28N4/c1-11-10-12(11)15-17(9-5-3-4-8-14)16-13(2)6-7-13/h11-12,15-16H,3-10,14H2,1-2H3. The summed E-state index contributed by atoms with van der Waals surface area (Å²) in [6, 6.07) is 0.694. The SMILES string of the molecule is CC1CC1NN(CCCCCN)NC1(C)CC1. The van der Waals surface area contributed by atoms with Crippen LogP contribution in [0.1, 0.15) is 52.4 Å². The van der Waals surface area contributed by atoms with Crippen LogP contribution in [0.5, 0.6) is 0 Å². The molecular weight excluding hydrogens is 212 g/mol. The fourth-order valence-electron chi connectivity index (χ4n) is 2.07. The van der Waals surface area contributed by atoms with Crippen molar-refractivity contribution in [2.24, 2.45) is 11.7 Å². The molecule has 0 amide bonds. The lowest BCUT2D eigenvalue weighted by Crippen LogP contribution is -2.54. The van der Waals surface area contributed by atoms with E-state index in [2.05, 4.69) is 29.8 Å². The molecule has 0 aromatic heterocycles. The minimum Gasteiger partial charge on any atom is -0.330 e. The normalized spacial score (nSPS) is 29.6. The van der Waals surface area contributed by atoms with E-state index in [-0.39, 0.29) is 0 Å². The van der Waals surface area contributed by atoms with E-state index in [1.807, 2.05) is 0 Å². The van der Waals surface area contributed by atoms with Crippen LogP contribution in [0.15, 0.2) is 0 Å². The third-order valence-corrected chi connectivity index (χ3v) is 3.92. The number of hydrogen-bond donors (Lipinski definition) is 3. The van der Waals surface area contributed by atoms with E-state index < -0.39 is 0 Å². The summed E-state index contributed by atoms with van der Waals surface area (Å²) >= 11 is 0. The third kappa shape index (κ3) is 4.54. The molecule has 0 saturated heterocycles. The first-order valence-corrected chi connectivity index (χ1v) is 7.14. The number of nitrogens with two attached hydrogens (primary N) is 1. The van der Waals surface area contributed by atoms with Gasteiger partial charge in [0.2, 0.25) is 0 Å². The molecule has 17 heavy (non-hydrogen) atoms. The monoisotopic (exact) mass is 240 g/mol. The summed E-state index contributed by atoms with van der Waals surface area (Å²) in [5.74, 6) is 0.843. The van der Waals surface area contributed by atoms with Gasteiger partial charge in [-0.05, 0) is 51.5 Å². The number of hydrazine groups is 2. The maximum atomic E-state index is 5.52. The van der Waals surface area contributed by atoms with Crippen LogP contribution in [0.25, 0.3) is 0 Å². The van der Waals surface area contributed by atoms with Gasteiger partial charge in [0.15, 0.2) is 0 Å². The van der Waals surface area contributed by atoms with Gasteiger partial charge < -0.3 is 5.73 Å². The molecule has 2 aliphatic carbocycles. The Morgan fingerprint density at radius 1 is 1.29 bits per heavy atom. The van der Waals surface area contributed by atoms with E-state index in [4.69, 9.17) is 5.73 Å². The van der Waals surface area contributed by atoms with Crippen molar-refractivity contribution >= 4 is 0 Å². The van der Waals surface area contributed by atoms with E-state index in [0.29, 0.717) is 11.6 Å². The van der Waals surface area contributed by atoms with Gasteiger partial charge in [0.25, 0.3) is 0 Å². The first-order valence-electron chi connectivity index (χ1n) is 7.14. The molecule has 0 heterocycles. The maximum absolute atomic E-state index is 5.52. The van der Waals surface area contributed by atoms with Crippen LogP contribution >= 0.6 is 0 Å². The topological polar surface area (TPSA) is 53.3 Å². The second-order valence-electron chi connectivity index (χ2n) is 6.12. The number of rotatable bonds is 9. The summed E-state index contributed by atoms with van der Waals surface area (Å²) in [7, 11) is 0. The Bertz CT molecular complexity index is 240. The molecule has 100 valence electrons. The summed E-state index contributed by atoms with van der Waals surface area (Å²) in [5.41, 5.74) is 13.1. The van der Waals surface area contributed by atoms with Crippen molar-refractivity contribution in [2.75, 3.05) is 13.1 Å². The van der Waals surface area contributed by atoms with Crippen molar-refractivity contribution in [1.82, 2.24) is 16.0 Å². The van der Waals surface area contributed by atoms with Crippen LogP contribution in [0.3, 0.4) is 0 Å². The minimum atomic E-state index is 0.360. The number of hydrogen-bond acceptors (Lipinski definition) is 4. The Balaban J connectivity index is 1.67. The van der Waals surface area contributed by atoms with Gasteiger partial charge in [-0.25, -0.2) is 10.9 Å². The largest absolute Gasteiger partial charge is 0.330 e. The summed E-state index contributed by atoms with van der Waals surface area (Å²) in [6.07, 6.45) is 7.51. The zero-order chi connectivity index (χ0) is 12.3. The van der Waals surface area contributed by atoms with E-state index in [1.54, 1.807) is 0 Å². The Morgan fingerprint density at radius 3 is 2.53 bits per heavy atom. The molecule has 2 saturated carbocycles. The molecular formula is C13H28N4. The molecule has 0 spiro atoms. The van der Waals surface area contributed by atoms with E-state index >= 15 is 0 Å². The third-order valence-electron chi connectivity index (χ3n) is 3.92. The average Bonchev–Trinajstić information content (AvgIpc) is 3.16. The molecule has 4 N–H and O–H groups in total. The number of nitrogens with zero attached hydrogens (tertiary/aromatic N) is 1. The summed E-state index contributed by atoms with van der Waals surface area (Å²) in [4.78, 5) is 0. The second-order valence-corrected chi connectivity index (χ2v) is 6.12. The lowest BCUT2D eigenvalue weighted by atomic mass is 10.2. The maximum Gasteiger partial charge on any atom is 0.0312 e. The fraction of sp³-hybridized carbons (Fsp3) is 1.00. The van der Waals surface area contributed by atoms with E-state index in [0.717, 1.165) is 25.4 Å². The van der Waals surface area contributed by atoms with Crippen LogP contribution in [-0.4, -0.2) is 29.8 Å². The Kier molecular flexibility index (Phi) is 4.42. The molecule has 4 heteroatoms. The first-order chi connectivity index (χ1) is 8.13. The van der Waals surface area contributed by atoms with Gasteiger partial charge in [0, 0.05) is 18.1 Å². The molecule has 0 aromatic carbocycles. The molecule has 0 aliphatic heterocycles. The van der Waals surface area contributed by atoms with E-state index in [1.165, 1.54) is 32.1 Å². The quantitative estimate of drug-likeness (QED) is 0.421. The minimum absolute atomic E-state index is 0.360. The highest BCUT2D eigenvalue weighted by atomic mass is 15.7. The number of unbranched alkanes of at least 4 members (excludes halogenated alkanes) is 2. The smallest absolute Gasteiger partial charge is 0.0312 e. The van der Waals surface area contributed by atoms with Gasteiger partial charge in [0.05, 0.1) is 0 Å². The molecule has 2 unspecified atom stereocenters. The van der Waals surface area contributed by atoms with Crippen LogP contribution < -0.4 is 16.6 Å². The lowest BCUT2D eigenvalue weighted by Gasteiger charge is -2.28. The van der Waals surface area contributed by atoms with Crippen molar-refractivity contribution in [2.45, 2.75) is 64.0 Å². The molecule has 4 nitrogen and oxygen atoms in total. The van der Waals surface area contributed by atoms with Gasteiger partial charge in [-0.1, -0.05) is 13.3 Å². The Hall–Kier alpha value is -0.160. The summed E-state index contributed by atoms with van der Waals surface area (Å²) in [6.45, 7) is 6.51. The Morgan fingerprint density at radius 2 is 2.00 bits per heavy atom. The van der Waals surface area contributed by atoms with Gasteiger partial charge in [-0.15, -0.1) is 0 Å². The molecule has 2 aliphatic rings. The van der Waals surface area contributed by atoms with Crippen LogP contribution in [0.4, 0.5) is 0 Å². The first kappa shape index (κ1) is 13.3. The second kappa shape index (κ2) is 5.65. The number of nitrogens with one attached hydrogen (secondary N) is 2. The summed E-state index contributed by atoms with van der Waals surface area (Å²) < 4.78 is 0. The predicted octanol–water partition coefficient (Wildman–Crippen LogP) is 1.39. The average molecular weight is 240 g/mol. The highest BCUT2D eigenvalue weighted by Gasteiger charge is 2.40. The van der Waals surface area contributed by atoms with E-state index in [9.17, 15) is 0 Å². The summed E-state index contributed by atoms with van der Waals surface area (Å²) in [5, 5.41) is 2.25. The Labute approximate surface area is 105 Å².